The zero-order valence-electron chi connectivity index (χ0n) is 22.7. The molecule has 1 aromatic carbocycles. The van der Waals surface area contributed by atoms with Crippen molar-refractivity contribution < 1.29 is 23.5 Å². The van der Waals surface area contributed by atoms with Gasteiger partial charge in [0.25, 0.3) is 0 Å². The highest BCUT2D eigenvalue weighted by molar-refractivity contribution is 5.74. The molecule has 3 amide bonds. The van der Waals surface area contributed by atoms with E-state index in [-0.39, 0.29) is 48.5 Å². The van der Waals surface area contributed by atoms with Crippen molar-refractivity contribution in [3.05, 3.63) is 35.6 Å². The predicted molar refractivity (Wildman–Crippen MR) is 142 cm³/mol. The van der Waals surface area contributed by atoms with Crippen molar-refractivity contribution in [3.8, 4) is 0 Å². The lowest BCUT2D eigenvalue weighted by Crippen LogP contribution is -2.52. The van der Waals surface area contributed by atoms with E-state index in [2.05, 4.69) is 27.6 Å². The van der Waals surface area contributed by atoms with Gasteiger partial charge in [0.1, 0.15) is 5.82 Å². The number of piperidine rings is 1. The minimum Gasteiger partial charge on any atom is -0.453 e. The van der Waals surface area contributed by atoms with E-state index < -0.39 is 6.09 Å². The predicted octanol–water partition coefficient (Wildman–Crippen LogP) is 4.61. The van der Waals surface area contributed by atoms with Gasteiger partial charge in [-0.05, 0) is 62.3 Å². The number of likely N-dealkylation sites (N-methyl/N-ethyl adjacent to an activating group) is 1. The number of nitrogens with one attached hydrogen (secondary N) is 3. The van der Waals surface area contributed by atoms with Crippen LogP contribution in [0.2, 0.25) is 0 Å². The molecular formula is C28H45FN4O4. The van der Waals surface area contributed by atoms with E-state index in [1.54, 1.807) is 6.07 Å². The SMILES string of the molecule is CNC[C@@H](CC1(C)CCCCC1)NC(=O)N1CCC[C@@H](C(OCCNC(=O)OC)c2cccc(F)c2)C1. The molecule has 9 heteroatoms. The number of amides is 3. The van der Waals surface area contributed by atoms with Crippen LogP contribution in [-0.2, 0) is 9.47 Å². The van der Waals surface area contributed by atoms with Gasteiger partial charge < -0.3 is 30.3 Å². The third-order valence-electron chi connectivity index (χ3n) is 7.78. The molecule has 0 radical (unpaired) electrons. The topological polar surface area (TPSA) is 91.9 Å². The van der Waals surface area contributed by atoms with Gasteiger partial charge in [-0.25, -0.2) is 14.0 Å². The smallest absolute Gasteiger partial charge is 0.406 e. The lowest BCUT2D eigenvalue weighted by atomic mass is 9.72. The second-order valence-corrected chi connectivity index (χ2v) is 10.9. The second-order valence-electron chi connectivity index (χ2n) is 10.9. The van der Waals surface area contributed by atoms with Crippen molar-refractivity contribution in [2.75, 3.05) is 46.9 Å². The van der Waals surface area contributed by atoms with E-state index in [0.29, 0.717) is 13.1 Å². The molecule has 1 aromatic rings. The van der Waals surface area contributed by atoms with E-state index in [0.717, 1.165) is 31.4 Å². The van der Waals surface area contributed by atoms with Crippen LogP contribution in [0.5, 0.6) is 0 Å². The molecule has 3 rings (SSSR count). The van der Waals surface area contributed by atoms with Crippen LogP contribution in [0, 0.1) is 17.2 Å². The number of benzene rings is 1. The summed E-state index contributed by atoms with van der Waals surface area (Å²) in [6, 6.07) is 6.46. The fourth-order valence-corrected chi connectivity index (χ4v) is 5.93. The van der Waals surface area contributed by atoms with Crippen molar-refractivity contribution in [1.82, 2.24) is 20.9 Å². The fourth-order valence-electron chi connectivity index (χ4n) is 5.93. The average molecular weight is 521 g/mol. The summed E-state index contributed by atoms with van der Waals surface area (Å²) in [4.78, 5) is 26.6. The molecule has 37 heavy (non-hydrogen) atoms. The second kappa shape index (κ2) is 14.5. The normalized spacial score (nSPS) is 21.1. The molecule has 1 heterocycles. The number of halogens is 1. The standard InChI is InChI=1S/C28H45FN4O4/c1-28(12-5-4-6-13-28)18-24(19-30-2)32-26(34)33-15-8-10-22(20-33)25(21-9-7-11-23(29)17-21)37-16-14-31-27(35)36-3/h7,9,11,17,22,24-25,30H,4-6,8,10,12-16,18-20H2,1-3H3,(H,31,35)(H,32,34)/t22-,24-,25?/m1/s1. The molecule has 1 unspecified atom stereocenters. The van der Waals surface area contributed by atoms with Crippen molar-refractivity contribution in [2.24, 2.45) is 11.3 Å². The van der Waals surface area contributed by atoms with Gasteiger partial charge in [0.2, 0.25) is 0 Å². The number of hydrogen-bond donors (Lipinski definition) is 3. The summed E-state index contributed by atoms with van der Waals surface area (Å²) < 4.78 is 24.8. The molecule has 3 atom stereocenters. The number of ether oxygens (including phenoxy) is 2. The maximum atomic E-state index is 14.1. The first-order chi connectivity index (χ1) is 17.8. The van der Waals surface area contributed by atoms with Gasteiger partial charge in [-0.2, -0.15) is 0 Å². The number of carbonyl (C=O) groups is 2. The Labute approximate surface area is 221 Å². The molecular weight excluding hydrogens is 475 g/mol. The Balaban J connectivity index is 1.64. The lowest BCUT2D eigenvalue weighted by Gasteiger charge is -2.39. The van der Waals surface area contributed by atoms with Crippen LogP contribution in [0.25, 0.3) is 0 Å². The summed E-state index contributed by atoms with van der Waals surface area (Å²) in [6.45, 7) is 4.84. The minimum atomic E-state index is -0.523. The Hall–Kier alpha value is -2.39. The van der Waals surface area contributed by atoms with Crippen LogP contribution in [-0.4, -0.2) is 70.0 Å². The minimum absolute atomic E-state index is 0.0121. The first-order valence-electron chi connectivity index (χ1n) is 13.7. The Morgan fingerprint density at radius 3 is 2.70 bits per heavy atom. The third kappa shape index (κ3) is 9.14. The van der Waals surface area contributed by atoms with Crippen LogP contribution in [0.1, 0.15) is 70.0 Å². The molecule has 1 aliphatic heterocycles. The highest BCUT2D eigenvalue weighted by Gasteiger charge is 2.34. The highest BCUT2D eigenvalue weighted by Crippen LogP contribution is 2.39. The molecule has 0 aromatic heterocycles. The van der Waals surface area contributed by atoms with Crippen molar-refractivity contribution >= 4 is 12.1 Å². The van der Waals surface area contributed by atoms with Crippen molar-refractivity contribution in [1.29, 1.82) is 0 Å². The number of alkyl carbamates (subject to hydrolysis) is 1. The van der Waals surface area contributed by atoms with E-state index in [4.69, 9.17) is 4.74 Å². The Morgan fingerprint density at radius 2 is 2.00 bits per heavy atom. The monoisotopic (exact) mass is 520 g/mol. The summed E-state index contributed by atoms with van der Waals surface area (Å²) in [5, 5.41) is 9.16. The van der Waals surface area contributed by atoms with Gasteiger partial charge >= 0.3 is 12.1 Å². The zero-order valence-corrected chi connectivity index (χ0v) is 22.7. The zero-order chi connectivity index (χ0) is 26.7. The number of rotatable bonds is 11. The molecule has 0 spiro atoms. The van der Waals surface area contributed by atoms with Gasteiger partial charge in [-0.15, -0.1) is 0 Å². The summed E-state index contributed by atoms with van der Waals surface area (Å²) in [6.07, 6.45) is 8.04. The molecule has 1 saturated heterocycles. The Bertz CT molecular complexity index is 864. The van der Waals surface area contributed by atoms with Crippen molar-refractivity contribution in [2.45, 2.75) is 70.4 Å². The molecule has 2 aliphatic rings. The number of urea groups is 1. The quantitative estimate of drug-likeness (QED) is 0.371. The molecule has 8 nitrogen and oxygen atoms in total. The summed E-state index contributed by atoms with van der Waals surface area (Å²) in [5.74, 6) is -0.312. The van der Waals surface area contributed by atoms with Crippen LogP contribution >= 0.6 is 0 Å². The number of methoxy groups -OCH3 is 1. The van der Waals surface area contributed by atoms with Crippen molar-refractivity contribution in [3.63, 3.8) is 0 Å². The number of likely N-dealkylation sites (tertiary alicyclic amines) is 1. The number of carbonyl (C=O) groups excluding carboxylic acids is 2. The molecule has 1 aliphatic carbocycles. The maximum absolute atomic E-state index is 14.1. The lowest BCUT2D eigenvalue weighted by molar-refractivity contribution is -0.00885. The molecule has 3 N–H and O–H groups in total. The van der Waals surface area contributed by atoms with Crippen LogP contribution in [0.3, 0.4) is 0 Å². The maximum Gasteiger partial charge on any atom is 0.406 e. The average Bonchev–Trinajstić information content (AvgIpc) is 2.89. The molecule has 208 valence electrons. The van der Waals surface area contributed by atoms with E-state index >= 15 is 0 Å². The third-order valence-corrected chi connectivity index (χ3v) is 7.78. The summed E-state index contributed by atoms with van der Waals surface area (Å²) in [7, 11) is 3.24. The molecule has 1 saturated carbocycles. The highest BCUT2D eigenvalue weighted by atomic mass is 19.1. The van der Waals surface area contributed by atoms with Gasteiger partial charge in [0.15, 0.2) is 0 Å². The first-order valence-corrected chi connectivity index (χ1v) is 13.7. The van der Waals surface area contributed by atoms with Gasteiger partial charge in [-0.1, -0.05) is 38.3 Å². The van der Waals surface area contributed by atoms with Gasteiger partial charge in [0.05, 0.1) is 19.8 Å². The van der Waals surface area contributed by atoms with Crippen LogP contribution in [0.15, 0.2) is 24.3 Å². The first kappa shape index (κ1) is 29.2. The Kier molecular flexibility index (Phi) is 11.4. The molecule has 0 bridgehead atoms. The number of nitrogens with zero attached hydrogens (tertiary/aromatic N) is 1. The largest absolute Gasteiger partial charge is 0.453 e. The fraction of sp³-hybridized carbons (Fsp3) is 0.714. The number of hydrogen-bond acceptors (Lipinski definition) is 5. The summed E-state index contributed by atoms with van der Waals surface area (Å²) >= 11 is 0. The van der Waals surface area contributed by atoms with Crippen LogP contribution < -0.4 is 16.0 Å². The van der Waals surface area contributed by atoms with Crippen LogP contribution in [0.4, 0.5) is 14.0 Å². The molecule has 2 fully saturated rings. The van der Waals surface area contributed by atoms with Gasteiger partial charge in [-0.3, -0.25) is 0 Å². The Morgan fingerprint density at radius 1 is 1.22 bits per heavy atom. The van der Waals surface area contributed by atoms with E-state index in [1.165, 1.54) is 51.3 Å². The summed E-state index contributed by atoms with van der Waals surface area (Å²) in [5.41, 5.74) is 1.01. The van der Waals surface area contributed by atoms with E-state index in [9.17, 15) is 14.0 Å². The van der Waals surface area contributed by atoms with Gasteiger partial charge in [0, 0.05) is 38.1 Å². The van der Waals surface area contributed by atoms with E-state index in [1.807, 2.05) is 18.0 Å².